The maximum Gasteiger partial charge on any atom is 0.293 e. The van der Waals surface area contributed by atoms with Gasteiger partial charge in [-0.15, -0.1) is 0 Å². The van der Waals surface area contributed by atoms with Crippen molar-refractivity contribution >= 4 is 6.47 Å². The van der Waals surface area contributed by atoms with Crippen LogP contribution >= 0.6 is 0 Å². The fraction of sp³-hybridized carbons (Fsp3) is 0.350. The van der Waals surface area contributed by atoms with Crippen molar-refractivity contribution in [1.29, 1.82) is 0 Å². The largest absolute Gasteiger partial charge is 0.468 e. The molecule has 2 aromatic carbocycles. The van der Waals surface area contributed by atoms with E-state index >= 15 is 0 Å². The Morgan fingerprint density at radius 2 is 1.48 bits per heavy atom. The van der Waals surface area contributed by atoms with E-state index in [-0.39, 0.29) is 0 Å². The molecule has 0 bridgehead atoms. The summed E-state index contributed by atoms with van der Waals surface area (Å²) in [5.41, 5.74) is 2.63. The highest BCUT2D eigenvalue weighted by Gasteiger charge is 1.98. The Bertz CT molecular complexity index is 544. The van der Waals surface area contributed by atoms with E-state index < -0.39 is 0 Å². The Hall–Kier alpha value is -2.29. The van der Waals surface area contributed by atoms with Gasteiger partial charge in [-0.1, -0.05) is 43.2 Å². The van der Waals surface area contributed by atoms with E-state index in [1.165, 1.54) is 24.0 Å². The Labute approximate surface area is 139 Å². The van der Waals surface area contributed by atoms with Crippen LogP contribution in [0.4, 0.5) is 0 Å². The lowest BCUT2D eigenvalue weighted by molar-refractivity contribution is -0.128. The standard InChI is InChI=1S/C17H20O.C3H6O2/c1-3-4-5-15-8-12-17(13-9-15)18-16-10-6-14(2)7-11-16;1-2-5-3-4/h6-13H,3-5H2,1-2H3;3H,2H2,1H3. The zero-order valence-corrected chi connectivity index (χ0v) is 14.2. The van der Waals surface area contributed by atoms with Gasteiger partial charge in [0.05, 0.1) is 6.61 Å². The normalized spacial score (nSPS) is 9.52. The Morgan fingerprint density at radius 3 is 1.91 bits per heavy atom. The molecule has 0 N–H and O–H groups in total. The van der Waals surface area contributed by atoms with Crippen LogP contribution in [0.1, 0.15) is 37.8 Å². The number of hydrogen-bond donors (Lipinski definition) is 0. The van der Waals surface area contributed by atoms with Gasteiger partial charge in [-0.2, -0.15) is 0 Å². The molecule has 3 nitrogen and oxygen atoms in total. The van der Waals surface area contributed by atoms with E-state index in [0.29, 0.717) is 13.1 Å². The topological polar surface area (TPSA) is 35.5 Å². The monoisotopic (exact) mass is 314 g/mol. The Kier molecular flexibility index (Phi) is 9.22. The van der Waals surface area contributed by atoms with E-state index in [2.05, 4.69) is 42.8 Å². The van der Waals surface area contributed by atoms with Crippen molar-refractivity contribution in [3.8, 4) is 11.5 Å². The smallest absolute Gasteiger partial charge is 0.293 e. The van der Waals surface area contributed by atoms with Crippen LogP contribution in [0.5, 0.6) is 11.5 Å². The lowest BCUT2D eigenvalue weighted by Gasteiger charge is -2.07. The SMILES string of the molecule is CCCCc1ccc(Oc2ccc(C)cc2)cc1.CCOC=O. The van der Waals surface area contributed by atoms with Gasteiger partial charge in [-0.25, -0.2) is 0 Å². The highest BCUT2D eigenvalue weighted by Crippen LogP contribution is 2.22. The molecule has 124 valence electrons. The number of aryl methyl sites for hydroxylation is 2. The van der Waals surface area contributed by atoms with Gasteiger partial charge in [0.2, 0.25) is 0 Å². The maximum atomic E-state index is 9.18. The van der Waals surface area contributed by atoms with Gasteiger partial charge in [0.25, 0.3) is 6.47 Å². The van der Waals surface area contributed by atoms with Gasteiger partial charge in [-0.3, -0.25) is 4.79 Å². The minimum Gasteiger partial charge on any atom is -0.468 e. The van der Waals surface area contributed by atoms with E-state index in [9.17, 15) is 4.79 Å². The number of hydrogen-bond acceptors (Lipinski definition) is 3. The van der Waals surface area contributed by atoms with Crippen LogP contribution < -0.4 is 4.74 Å². The zero-order valence-electron chi connectivity index (χ0n) is 14.2. The summed E-state index contributed by atoms with van der Waals surface area (Å²) in [5, 5.41) is 0. The molecule has 0 saturated heterocycles. The first-order valence-electron chi connectivity index (χ1n) is 8.08. The van der Waals surface area contributed by atoms with Crippen molar-refractivity contribution in [3.63, 3.8) is 0 Å². The summed E-state index contributed by atoms with van der Waals surface area (Å²) >= 11 is 0. The average molecular weight is 314 g/mol. The molecule has 0 spiro atoms. The molecule has 23 heavy (non-hydrogen) atoms. The van der Waals surface area contributed by atoms with Crippen molar-refractivity contribution in [1.82, 2.24) is 0 Å². The average Bonchev–Trinajstić information content (AvgIpc) is 2.58. The first-order chi connectivity index (χ1) is 11.2. The third-order valence-electron chi connectivity index (χ3n) is 3.23. The van der Waals surface area contributed by atoms with Crippen LogP contribution in [0.2, 0.25) is 0 Å². The van der Waals surface area contributed by atoms with Crippen LogP contribution in [-0.2, 0) is 16.0 Å². The molecule has 0 unspecified atom stereocenters. The van der Waals surface area contributed by atoms with Crippen LogP contribution in [0.25, 0.3) is 0 Å². The van der Waals surface area contributed by atoms with Crippen molar-refractivity contribution < 1.29 is 14.3 Å². The third-order valence-corrected chi connectivity index (χ3v) is 3.23. The Morgan fingerprint density at radius 1 is 0.913 bits per heavy atom. The molecule has 0 aliphatic rings. The second-order valence-corrected chi connectivity index (χ2v) is 5.21. The van der Waals surface area contributed by atoms with Crippen molar-refractivity contribution in [3.05, 3.63) is 59.7 Å². The fourth-order valence-corrected chi connectivity index (χ4v) is 1.92. The van der Waals surface area contributed by atoms with Crippen LogP contribution in [0, 0.1) is 6.92 Å². The number of carbonyl (C=O) groups excluding carboxylic acids is 1. The first-order valence-corrected chi connectivity index (χ1v) is 8.08. The van der Waals surface area contributed by atoms with E-state index in [0.717, 1.165) is 17.9 Å². The molecular formula is C20H26O3. The predicted molar refractivity (Wildman–Crippen MR) is 94.0 cm³/mol. The molecule has 3 heteroatoms. The number of carbonyl (C=O) groups is 1. The molecule has 0 amide bonds. The lowest BCUT2D eigenvalue weighted by atomic mass is 10.1. The van der Waals surface area contributed by atoms with E-state index in [4.69, 9.17) is 4.74 Å². The van der Waals surface area contributed by atoms with Crippen molar-refractivity contribution in [2.24, 2.45) is 0 Å². The van der Waals surface area contributed by atoms with Gasteiger partial charge in [0.15, 0.2) is 0 Å². The zero-order chi connectivity index (χ0) is 16.9. The van der Waals surface area contributed by atoms with Gasteiger partial charge in [0.1, 0.15) is 11.5 Å². The van der Waals surface area contributed by atoms with Crippen LogP contribution in [0.15, 0.2) is 48.5 Å². The van der Waals surface area contributed by atoms with E-state index in [1.807, 2.05) is 24.3 Å². The predicted octanol–water partition coefficient (Wildman–Crippen LogP) is 5.31. The van der Waals surface area contributed by atoms with Gasteiger partial charge in [-0.05, 0) is 56.5 Å². The summed E-state index contributed by atoms with van der Waals surface area (Å²) in [6, 6.07) is 16.5. The summed E-state index contributed by atoms with van der Waals surface area (Å²) in [4.78, 5) is 9.18. The van der Waals surface area contributed by atoms with Gasteiger partial charge in [0, 0.05) is 0 Å². The summed E-state index contributed by atoms with van der Waals surface area (Å²) < 4.78 is 9.95. The molecule has 0 fully saturated rings. The van der Waals surface area contributed by atoms with Crippen molar-refractivity contribution in [2.75, 3.05) is 6.61 Å². The molecule has 0 heterocycles. The molecule has 0 atom stereocenters. The maximum absolute atomic E-state index is 9.18. The van der Waals surface area contributed by atoms with Crippen LogP contribution in [0.3, 0.4) is 0 Å². The summed E-state index contributed by atoms with van der Waals surface area (Å²) in [5.74, 6) is 1.79. The highest BCUT2D eigenvalue weighted by molar-refractivity contribution is 5.36. The second-order valence-electron chi connectivity index (χ2n) is 5.21. The molecule has 0 saturated carbocycles. The molecule has 0 radical (unpaired) electrons. The van der Waals surface area contributed by atoms with Gasteiger partial charge >= 0.3 is 0 Å². The lowest BCUT2D eigenvalue weighted by Crippen LogP contribution is -1.87. The second kappa shape index (κ2) is 11.3. The number of rotatable bonds is 7. The van der Waals surface area contributed by atoms with Crippen LogP contribution in [-0.4, -0.2) is 13.1 Å². The third kappa shape index (κ3) is 8.05. The number of benzene rings is 2. The minimum absolute atomic E-state index is 0.431. The highest BCUT2D eigenvalue weighted by atomic mass is 16.5. The summed E-state index contributed by atoms with van der Waals surface area (Å²) in [6.07, 6.45) is 3.64. The number of unbranched alkanes of at least 4 members (excludes halogenated alkanes) is 1. The molecule has 2 rings (SSSR count). The Balaban J connectivity index is 0.000000463. The molecule has 0 aliphatic carbocycles. The molecule has 0 aromatic heterocycles. The fourth-order valence-electron chi connectivity index (χ4n) is 1.92. The summed E-state index contributed by atoms with van der Waals surface area (Å²) in [7, 11) is 0. The quantitative estimate of drug-likeness (QED) is 0.650. The van der Waals surface area contributed by atoms with Gasteiger partial charge < -0.3 is 9.47 Å². The molecule has 2 aromatic rings. The number of ether oxygens (including phenoxy) is 2. The van der Waals surface area contributed by atoms with E-state index in [1.54, 1.807) is 6.92 Å². The molecule has 0 aliphatic heterocycles. The summed E-state index contributed by atoms with van der Waals surface area (Å²) in [6.45, 7) is 6.96. The molecular weight excluding hydrogens is 288 g/mol. The minimum atomic E-state index is 0.431. The van der Waals surface area contributed by atoms with Crippen molar-refractivity contribution in [2.45, 2.75) is 40.0 Å². The first kappa shape index (κ1) is 18.8.